The predicted octanol–water partition coefficient (Wildman–Crippen LogP) is 15.9. The van der Waals surface area contributed by atoms with Crippen LogP contribution in [0, 0.1) is 11.3 Å². The molecule has 0 aliphatic rings. The number of nitriles is 1. The Morgan fingerprint density at radius 3 is 1.10 bits per heavy atom. The highest BCUT2D eigenvalue weighted by molar-refractivity contribution is 6.16. The lowest BCUT2D eigenvalue weighted by Crippen LogP contribution is -2.17. The fourth-order valence-corrected chi connectivity index (χ4v) is 12.3. The number of hydrogen-bond acceptors (Lipinski definition) is 6. The minimum Gasteiger partial charge on any atom is -0.305 e. The van der Waals surface area contributed by atoms with Crippen LogP contribution < -0.4 is 0 Å². The molecule has 7 aromatic carbocycles. The first-order chi connectivity index (χ1) is 38.7. The van der Waals surface area contributed by atoms with Crippen LogP contribution in [0.15, 0.2) is 243 Å². The van der Waals surface area contributed by atoms with Crippen LogP contribution in [0.1, 0.15) is 5.56 Å². The van der Waals surface area contributed by atoms with Crippen molar-refractivity contribution in [1.82, 2.24) is 43.2 Å². The van der Waals surface area contributed by atoms with Gasteiger partial charge < -0.3 is 18.3 Å². The van der Waals surface area contributed by atoms with Gasteiger partial charge in [0.2, 0.25) is 0 Å². The van der Waals surface area contributed by atoms with E-state index in [4.69, 9.17) is 24.9 Å². The van der Waals surface area contributed by atoms with E-state index in [1.54, 1.807) is 0 Å². The molecular formula is C68H40N10. The van der Waals surface area contributed by atoms with E-state index in [1.165, 1.54) is 0 Å². The van der Waals surface area contributed by atoms with Crippen molar-refractivity contribution < 1.29 is 0 Å². The highest BCUT2D eigenvalue weighted by atomic mass is 15.1. The molecule has 0 radical (unpaired) electrons. The molecule has 0 aliphatic heterocycles. The molecule has 16 aromatic rings. The smallest absolute Gasteiger partial charge is 0.104 e. The summed E-state index contributed by atoms with van der Waals surface area (Å²) in [5.74, 6) is 0. The van der Waals surface area contributed by atoms with Gasteiger partial charge in [-0.3, -0.25) is 19.9 Å². The maximum absolute atomic E-state index is 12.9. The lowest BCUT2D eigenvalue weighted by molar-refractivity contribution is 1.03. The fourth-order valence-electron chi connectivity index (χ4n) is 12.3. The van der Waals surface area contributed by atoms with E-state index in [2.05, 4.69) is 194 Å². The summed E-state index contributed by atoms with van der Waals surface area (Å²) in [5.41, 5.74) is 18.6. The quantitative estimate of drug-likeness (QED) is 0.157. The largest absolute Gasteiger partial charge is 0.305 e. The third-order valence-electron chi connectivity index (χ3n) is 15.4. The Morgan fingerprint density at radius 2 is 0.667 bits per heavy atom. The van der Waals surface area contributed by atoms with Crippen LogP contribution >= 0.6 is 0 Å². The zero-order valence-corrected chi connectivity index (χ0v) is 41.6. The summed E-state index contributed by atoms with van der Waals surface area (Å²) >= 11 is 0. The van der Waals surface area contributed by atoms with E-state index in [-0.39, 0.29) is 0 Å². The maximum Gasteiger partial charge on any atom is 0.104 e. The Labute approximate surface area is 445 Å². The summed E-state index contributed by atoms with van der Waals surface area (Å²) in [6.45, 7) is 0. The molecule has 16 rings (SSSR count). The van der Waals surface area contributed by atoms with E-state index in [1.807, 2.05) is 73.3 Å². The molecule has 9 heterocycles. The molecule has 0 bridgehead atoms. The Hall–Kier alpha value is -11.0. The average Bonchev–Trinajstić information content (AvgIpc) is 4.27. The number of fused-ring (bicyclic) bond motifs is 12. The lowest BCUT2D eigenvalue weighted by atomic mass is 9.90. The first kappa shape index (κ1) is 43.4. The van der Waals surface area contributed by atoms with Crippen LogP contribution in [-0.4, -0.2) is 43.2 Å². The molecule has 0 fully saturated rings. The zero-order chi connectivity index (χ0) is 51.4. The van der Waals surface area contributed by atoms with Crippen molar-refractivity contribution in [3.63, 3.8) is 0 Å². The normalized spacial score (nSPS) is 11.8. The highest BCUT2D eigenvalue weighted by Gasteiger charge is 2.36. The van der Waals surface area contributed by atoms with Gasteiger partial charge in [0, 0.05) is 68.6 Å². The second-order valence-corrected chi connectivity index (χ2v) is 19.5. The number of rotatable bonds is 7. The summed E-state index contributed by atoms with van der Waals surface area (Å²) in [4.78, 5) is 26.2. The van der Waals surface area contributed by atoms with E-state index >= 15 is 0 Å². The number of hydrogen-bond donors (Lipinski definition) is 0. The van der Waals surface area contributed by atoms with Crippen LogP contribution in [0.3, 0.4) is 0 Å². The van der Waals surface area contributed by atoms with Gasteiger partial charge in [-0.2, -0.15) is 5.26 Å². The van der Waals surface area contributed by atoms with Gasteiger partial charge in [-0.25, -0.2) is 4.98 Å². The standard InChI is InChI=1S/C68H40N10/c69-41-49-65(75-51-27-11-7-23-44(51)61-55(75)31-15-37-70-61)59(48-35-36-50(42-19-3-1-4-20-42)74-60(48)43-21-5-2-6-22-43)67(77-53-29-13-9-25-46(53)63-57(77)33-17-39-72-63)68(78-54-30-14-10-26-47(54)64-58(78)34-18-40-73-64)66(49)76-52-28-12-8-24-45(52)62-56(76)32-16-38-71-62/h1-40H. The Balaban J connectivity index is 1.27. The van der Waals surface area contributed by atoms with Crippen LogP contribution in [0.25, 0.3) is 144 Å². The van der Waals surface area contributed by atoms with Gasteiger partial charge >= 0.3 is 0 Å². The minimum atomic E-state index is 0.418. The number of para-hydroxylation sites is 4. The maximum atomic E-state index is 12.9. The molecule has 0 N–H and O–H groups in total. The highest BCUT2D eigenvalue weighted by Crippen LogP contribution is 2.53. The molecule has 0 saturated heterocycles. The lowest BCUT2D eigenvalue weighted by Gasteiger charge is -2.29. The monoisotopic (exact) mass is 996 g/mol. The van der Waals surface area contributed by atoms with Gasteiger partial charge in [-0.05, 0) is 84.9 Å². The molecule has 0 unspecified atom stereocenters. The zero-order valence-electron chi connectivity index (χ0n) is 41.6. The number of benzene rings is 7. The van der Waals surface area contributed by atoms with Crippen LogP contribution in [0.2, 0.25) is 0 Å². The molecule has 10 heteroatoms. The molecule has 0 aliphatic carbocycles. The molecule has 9 aromatic heterocycles. The second kappa shape index (κ2) is 17.0. The molecule has 0 spiro atoms. The summed E-state index contributed by atoms with van der Waals surface area (Å²) in [7, 11) is 0. The van der Waals surface area contributed by atoms with Crippen molar-refractivity contribution in [3.05, 3.63) is 249 Å². The van der Waals surface area contributed by atoms with Gasteiger partial charge in [0.15, 0.2) is 0 Å². The van der Waals surface area contributed by atoms with E-state index in [0.29, 0.717) is 16.9 Å². The van der Waals surface area contributed by atoms with Gasteiger partial charge in [0.05, 0.1) is 100 Å². The molecule has 362 valence electrons. The van der Waals surface area contributed by atoms with Crippen molar-refractivity contribution >= 4 is 87.7 Å². The summed E-state index contributed by atoms with van der Waals surface area (Å²) < 4.78 is 9.26. The SMILES string of the molecule is N#Cc1c(-n2c3ccccc3c3ncccc32)c(-c2ccc(-c3ccccc3)nc2-c2ccccc2)c(-n2c3ccccc3c3ncccc32)c(-n2c3ccccc3c3ncccc32)c1-n1c2ccccc2c2ncccc21. The molecular weight excluding hydrogens is 957 g/mol. The van der Waals surface area contributed by atoms with Crippen LogP contribution in [0.5, 0.6) is 0 Å². The summed E-state index contributed by atoms with van der Waals surface area (Å²) in [6, 6.07) is 78.2. The van der Waals surface area contributed by atoms with Crippen molar-refractivity contribution in [2.45, 2.75) is 0 Å². The molecule has 10 nitrogen and oxygen atoms in total. The summed E-state index contributed by atoms with van der Waals surface area (Å²) in [6.07, 6.45) is 7.41. The number of nitrogens with zero attached hydrogens (tertiary/aromatic N) is 10. The first-order valence-corrected chi connectivity index (χ1v) is 25.9. The second-order valence-electron chi connectivity index (χ2n) is 19.5. The molecule has 0 atom stereocenters. The van der Waals surface area contributed by atoms with Crippen molar-refractivity contribution in [3.8, 4) is 62.5 Å². The van der Waals surface area contributed by atoms with Crippen molar-refractivity contribution in [1.29, 1.82) is 5.26 Å². The van der Waals surface area contributed by atoms with Gasteiger partial charge in [0.25, 0.3) is 0 Å². The van der Waals surface area contributed by atoms with Gasteiger partial charge in [-0.15, -0.1) is 0 Å². The van der Waals surface area contributed by atoms with Crippen LogP contribution in [0.4, 0.5) is 0 Å². The summed E-state index contributed by atoms with van der Waals surface area (Å²) in [5, 5.41) is 16.7. The van der Waals surface area contributed by atoms with Crippen molar-refractivity contribution in [2.75, 3.05) is 0 Å². The molecule has 0 amide bonds. The Bertz CT molecular complexity index is 4960. The number of aromatic nitrogens is 9. The van der Waals surface area contributed by atoms with Crippen LogP contribution in [-0.2, 0) is 0 Å². The molecule has 0 saturated carbocycles. The van der Waals surface area contributed by atoms with Crippen molar-refractivity contribution in [2.24, 2.45) is 0 Å². The fraction of sp³-hybridized carbons (Fsp3) is 0. The average molecular weight is 997 g/mol. The minimum absolute atomic E-state index is 0.418. The van der Waals surface area contributed by atoms with E-state index in [0.717, 1.165) is 133 Å². The topological polar surface area (TPSA) is 108 Å². The van der Waals surface area contributed by atoms with Gasteiger partial charge in [-0.1, -0.05) is 133 Å². The molecule has 78 heavy (non-hydrogen) atoms. The van der Waals surface area contributed by atoms with E-state index in [9.17, 15) is 5.26 Å². The Kier molecular flexibility index (Phi) is 9.46. The van der Waals surface area contributed by atoms with Gasteiger partial charge in [0.1, 0.15) is 11.6 Å². The third kappa shape index (κ3) is 6.15. The number of pyridine rings is 5. The third-order valence-corrected chi connectivity index (χ3v) is 15.4. The predicted molar refractivity (Wildman–Crippen MR) is 314 cm³/mol. The Morgan fingerprint density at radius 1 is 0.308 bits per heavy atom. The van der Waals surface area contributed by atoms with E-state index < -0.39 is 0 Å². The first-order valence-electron chi connectivity index (χ1n) is 25.9.